The molecule has 0 saturated carbocycles. The van der Waals surface area contributed by atoms with Crippen molar-refractivity contribution in [1.82, 2.24) is 29.1 Å². The minimum absolute atomic E-state index is 0.0994. The van der Waals surface area contributed by atoms with Crippen LogP contribution in [0.25, 0.3) is 22.2 Å². The van der Waals surface area contributed by atoms with Crippen LogP contribution in [-0.4, -0.2) is 89.0 Å². The van der Waals surface area contributed by atoms with E-state index < -0.39 is 81.4 Å². The molecule has 24 heteroatoms. The number of nitrogens with one attached hydrogen (secondary N) is 1. The second-order valence-corrected chi connectivity index (χ2v) is 16.9. The van der Waals surface area contributed by atoms with Gasteiger partial charge in [-0.15, -0.1) is 0 Å². The van der Waals surface area contributed by atoms with Gasteiger partial charge in [0.05, 0.1) is 46.9 Å². The van der Waals surface area contributed by atoms with E-state index in [2.05, 4.69) is 32.2 Å². The lowest BCUT2D eigenvalue weighted by Gasteiger charge is -2.29. The molecule has 17 nitrogen and oxygen atoms in total. The van der Waals surface area contributed by atoms with Gasteiger partial charge in [-0.1, -0.05) is 35.5 Å². The number of halogens is 3. The average Bonchev–Trinajstić information content (AvgIpc) is 3.72. The third-order valence-electron chi connectivity index (χ3n) is 7.51. The van der Waals surface area contributed by atoms with Crippen LogP contribution in [0.1, 0.15) is 12.5 Å². The zero-order chi connectivity index (χ0) is 32.7. The molecule has 0 bridgehead atoms. The number of H-pyrrole nitrogens is 1. The van der Waals surface area contributed by atoms with Gasteiger partial charge >= 0.3 is 13.5 Å². The molecule has 3 fully saturated rings. The van der Waals surface area contributed by atoms with Crippen molar-refractivity contribution < 1.29 is 46.5 Å². The van der Waals surface area contributed by atoms with E-state index in [1.54, 1.807) is 0 Å². The van der Waals surface area contributed by atoms with Gasteiger partial charge in [-0.3, -0.25) is 27.9 Å². The lowest BCUT2D eigenvalue weighted by atomic mass is 10.1. The molecule has 0 radical (unpaired) electrons. The van der Waals surface area contributed by atoms with Gasteiger partial charge in [0.1, 0.15) is 30.5 Å². The van der Waals surface area contributed by atoms with E-state index in [9.17, 15) is 19.4 Å². The molecule has 3 aliphatic heterocycles. The van der Waals surface area contributed by atoms with E-state index in [0.717, 1.165) is 10.9 Å². The number of fused-ring (bicyclic) bond motifs is 4. The molecule has 10 atom stereocenters. The van der Waals surface area contributed by atoms with Crippen LogP contribution >= 0.6 is 49.0 Å². The third-order valence-corrected chi connectivity index (χ3v) is 11.4. The maximum Gasteiger partial charge on any atom is 0.386 e. The van der Waals surface area contributed by atoms with Crippen LogP contribution in [0.3, 0.4) is 0 Å². The summed E-state index contributed by atoms with van der Waals surface area (Å²) >= 11 is 21.5. The lowest BCUT2D eigenvalue weighted by Crippen LogP contribution is -2.38. The number of imidazole rings is 2. The molecular formula is C22H22Cl2FN7O10P2S2. The highest BCUT2D eigenvalue weighted by Gasteiger charge is 2.53. The van der Waals surface area contributed by atoms with Crippen molar-refractivity contribution in [2.45, 2.75) is 49.1 Å². The monoisotopic (exact) mass is 759 g/mol. The molecule has 0 amide bonds. The number of benzene rings is 1. The van der Waals surface area contributed by atoms with E-state index in [4.69, 9.17) is 68.3 Å². The third kappa shape index (κ3) is 5.92. The average molecular weight is 760 g/mol. The molecule has 7 rings (SSSR count). The maximum atomic E-state index is 16.0. The van der Waals surface area contributed by atoms with Crippen molar-refractivity contribution in [3.05, 3.63) is 45.2 Å². The summed E-state index contributed by atoms with van der Waals surface area (Å²) in [7, 11) is 0. The Balaban J connectivity index is 1.17. The van der Waals surface area contributed by atoms with Crippen LogP contribution in [0.2, 0.25) is 10.0 Å². The van der Waals surface area contributed by atoms with Gasteiger partial charge in [0.15, 0.2) is 29.8 Å². The molecule has 3 aromatic heterocycles. The lowest BCUT2D eigenvalue weighted by molar-refractivity contribution is -0.0569. The summed E-state index contributed by atoms with van der Waals surface area (Å²) in [5.74, 6) is -0.253. The Morgan fingerprint density at radius 1 is 1.07 bits per heavy atom. The number of anilines is 1. The summed E-state index contributed by atoms with van der Waals surface area (Å²) in [4.78, 5) is 37.7. The summed E-state index contributed by atoms with van der Waals surface area (Å²) < 4.78 is 66.0. The largest absolute Gasteiger partial charge is 0.386 e. The number of aliphatic hydroxyl groups excluding tert-OH is 1. The maximum absolute atomic E-state index is 16.0. The van der Waals surface area contributed by atoms with E-state index in [-0.39, 0.29) is 27.2 Å². The van der Waals surface area contributed by atoms with Crippen LogP contribution < -0.4 is 11.3 Å². The first-order valence-corrected chi connectivity index (χ1v) is 19.2. The summed E-state index contributed by atoms with van der Waals surface area (Å²) in [6.07, 6.45) is -9.47. The molecule has 5 N–H and O–H groups in total. The Morgan fingerprint density at radius 3 is 2.52 bits per heavy atom. The Kier molecular flexibility index (Phi) is 8.55. The highest BCUT2D eigenvalue weighted by atomic mass is 35.5. The van der Waals surface area contributed by atoms with Crippen LogP contribution in [-0.2, 0) is 43.9 Å². The molecule has 4 aromatic rings. The van der Waals surface area contributed by atoms with E-state index >= 15 is 4.39 Å². The number of hydrogen-bond acceptors (Lipinski definition) is 14. The minimum atomic E-state index is -4.39. The topological polar surface area (TPSA) is 220 Å². The number of aromatic nitrogens is 6. The normalized spacial score (nSPS) is 37.2. The molecule has 46 heavy (non-hydrogen) atoms. The number of nitrogen functional groups attached to an aromatic ring is 1. The molecule has 0 spiro atoms. The van der Waals surface area contributed by atoms with Gasteiger partial charge in [-0.25, -0.2) is 18.9 Å². The second kappa shape index (κ2) is 12.0. The zero-order valence-electron chi connectivity index (χ0n) is 22.7. The Bertz CT molecular complexity index is 2010. The van der Waals surface area contributed by atoms with Crippen LogP contribution in [0.4, 0.5) is 10.3 Å². The fraction of sp³-hybridized carbons (Fsp3) is 0.455. The van der Waals surface area contributed by atoms with Crippen LogP contribution in [0.5, 0.6) is 0 Å². The number of ether oxygens (including phenoxy) is 2. The molecule has 3 aliphatic rings. The molecule has 6 heterocycles. The molecule has 1 aromatic carbocycles. The van der Waals surface area contributed by atoms with Crippen molar-refractivity contribution in [2.75, 3.05) is 18.9 Å². The Hall–Kier alpha value is -1.74. The van der Waals surface area contributed by atoms with Gasteiger partial charge in [-0.05, 0) is 23.9 Å². The van der Waals surface area contributed by atoms with Crippen LogP contribution in [0.15, 0.2) is 29.6 Å². The minimum Gasteiger partial charge on any atom is -0.386 e. The van der Waals surface area contributed by atoms with Gasteiger partial charge in [0.2, 0.25) is 5.95 Å². The number of thiol groups is 1. The first kappa shape index (κ1) is 32.8. The van der Waals surface area contributed by atoms with Gasteiger partial charge in [0, 0.05) is 0 Å². The fourth-order valence-corrected chi connectivity index (χ4v) is 8.69. The molecule has 3 saturated heterocycles. The van der Waals surface area contributed by atoms with E-state index in [1.807, 2.05) is 0 Å². The SMILES string of the molecule is Nc1nc2c(ncn2[C@@H]2O[C@@H]3COP(O)(=S)O[C@@H]4C(O)[C@H](n5cnc6cc(Cl)c(Cl)cc65)O[C@@H]4COP(=O)(S)OC3[C@@H]2F)c(=O)[nH]1. The van der Waals surface area contributed by atoms with E-state index in [0.29, 0.717) is 11.0 Å². The first-order chi connectivity index (χ1) is 21.7. The predicted molar refractivity (Wildman–Crippen MR) is 166 cm³/mol. The quantitative estimate of drug-likeness (QED) is 0.147. The molecule has 0 aliphatic carbocycles. The van der Waals surface area contributed by atoms with Crippen LogP contribution in [0, 0.1) is 0 Å². The summed E-state index contributed by atoms with van der Waals surface area (Å²) in [6.45, 7) is -9.81. The zero-order valence-corrected chi connectivity index (χ0v) is 27.7. The standard InChI is InChI=1S/C22H22Cl2FN7O10P2S2/c23-7-1-9-10(2-8(7)24)31(5-27-9)21-15(33)17-12(40-21)4-38-43(35,45)41-16-11(3-37-44(36,46)42-17)39-20(13(16)25)32-6-28-14-18(32)29-22(26)30-19(14)34/h1-2,5-6,11-13,15-17,20-21,33H,3-4H2,(H,35,45)(H,36,46)(H3,26,29,30,34)/t11-,12-,13+,15?,16?,17+,20-,21-,43?,44?/m1/s1. The van der Waals surface area contributed by atoms with E-state index in [1.165, 1.54) is 23.0 Å². The highest BCUT2D eigenvalue weighted by molar-refractivity contribution is 8.44. The molecule has 4 unspecified atom stereocenters. The van der Waals surface area contributed by atoms with Crippen molar-refractivity contribution in [1.29, 1.82) is 0 Å². The van der Waals surface area contributed by atoms with Crippen molar-refractivity contribution in [2.24, 2.45) is 0 Å². The molecule has 248 valence electrons. The summed E-state index contributed by atoms with van der Waals surface area (Å²) in [5.41, 5.74) is 5.63. The Labute approximate surface area is 276 Å². The van der Waals surface area contributed by atoms with Crippen molar-refractivity contribution >= 4 is 88.9 Å². The fourth-order valence-electron chi connectivity index (χ4n) is 5.45. The first-order valence-electron chi connectivity index (χ1n) is 13.2. The predicted octanol–water partition coefficient (Wildman–Crippen LogP) is 2.62. The highest BCUT2D eigenvalue weighted by Crippen LogP contribution is 2.58. The second-order valence-electron chi connectivity index (χ2n) is 10.4. The number of aliphatic hydroxyl groups is 1. The number of rotatable bonds is 2. The van der Waals surface area contributed by atoms with Gasteiger partial charge < -0.3 is 34.3 Å². The number of aromatic amines is 1. The number of nitrogens with zero attached hydrogens (tertiary/aromatic N) is 5. The number of hydrogen-bond donors (Lipinski definition) is 5. The van der Waals surface area contributed by atoms with Gasteiger partial charge in [0.25, 0.3) is 5.56 Å². The van der Waals surface area contributed by atoms with Gasteiger partial charge in [-0.2, -0.15) is 4.98 Å². The number of nitrogens with two attached hydrogens (primary N) is 1. The van der Waals surface area contributed by atoms with Crippen molar-refractivity contribution in [3.63, 3.8) is 0 Å². The smallest absolute Gasteiger partial charge is 0.386 e. The number of alkyl halides is 1. The summed E-state index contributed by atoms with van der Waals surface area (Å²) in [6, 6.07) is 3.05. The van der Waals surface area contributed by atoms with Crippen molar-refractivity contribution in [3.8, 4) is 0 Å². The molecular weight excluding hydrogens is 738 g/mol. The summed E-state index contributed by atoms with van der Waals surface area (Å²) in [5, 5.41) is 11.8. The Morgan fingerprint density at radius 2 is 1.74 bits per heavy atom.